The first kappa shape index (κ1) is 11.4. The Morgan fingerprint density at radius 2 is 1.88 bits per heavy atom. The van der Waals surface area contributed by atoms with E-state index in [4.69, 9.17) is 5.73 Å². The van der Waals surface area contributed by atoms with Crippen molar-refractivity contribution in [2.24, 2.45) is 5.73 Å². The molecule has 0 aliphatic heterocycles. The van der Waals surface area contributed by atoms with E-state index in [1.54, 1.807) is 6.07 Å². The molecule has 3 heteroatoms. The zero-order chi connectivity index (χ0) is 11.5. The van der Waals surface area contributed by atoms with Crippen LogP contribution in [0.4, 0.5) is 0 Å². The molecular weight excluding hydrogens is 266 g/mol. The lowest BCUT2D eigenvalue weighted by atomic mass is 10.00. The molecule has 2 rings (SSSR count). The molecule has 0 aliphatic carbocycles. The number of benzene rings is 2. The molecule has 0 aromatic heterocycles. The molecule has 0 aliphatic rings. The van der Waals surface area contributed by atoms with Crippen LogP contribution in [-0.2, 0) is 6.42 Å². The monoisotopic (exact) mass is 279 g/mol. The lowest BCUT2D eigenvalue weighted by Gasteiger charge is -2.10. The van der Waals surface area contributed by atoms with Crippen LogP contribution in [-0.4, -0.2) is 11.7 Å². The molecule has 0 unspecified atom stereocenters. The van der Waals surface area contributed by atoms with Crippen molar-refractivity contribution in [2.75, 3.05) is 6.54 Å². The number of aryl methyl sites for hydroxylation is 1. The van der Waals surface area contributed by atoms with Gasteiger partial charge in [0, 0.05) is 10.0 Å². The smallest absolute Gasteiger partial charge is 0.120 e. The van der Waals surface area contributed by atoms with Crippen LogP contribution >= 0.6 is 15.9 Å². The topological polar surface area (TPSA) is 46.2 Å². The molecule has 0 amide bonds. The molecule has 0 spiro atoms. The number of phenolic OH excluding ortho intramolecular Hbond substituents is 1. The van der Waals surface area contributed by atoms with E-state index < -0.39 is 0 Å². The number of nitrogens with two attached hydrogens (primary N) is 1. The molecule has 3 N–H and O–H groups in total. The highest BCUT2D eigenvalue weighted by molar-refractivity contribution is 9.10. The third kappa shape index (κ3) is 2.06. The van der Waals surface area contributed by atoms with Crippen molar-refractivity contribution in [3.63, 3.8) is 0 Å². The van der Waals surface area contributed by atoms with E-state index in [-0.39, 0.29) is 0 Å². The standard InChI is InChI=1S/C13H14BrNO/c14-12-8-13(16)11(6-3-7-15)9-4-1-2-5-10(9)12/h1-2,4-5,8,16H,3,6-7,15H2. The van der Waals surface area contributed by atoms with Gasteiger partial charge in [-0.15, -0.1) is 0 Å². The van der Waals surface area contributed by atoms with Gasteiger partial charge in [0.15, 0.2) is 0 Å². The molecule has 0 heterocycles. The first-order valence-corrected chi connectivity index (χ1v) is 6.12. The Labute approximate surface area is 103 Å². The SMILES string of the molecule is NCCCc1c(O)cc(Br)c2ccccc12. The number of rotatable bonds is 3. The fourth-order valence-electron chi connectivity index (χ4n) is 1.92. The maximum atomic E-state index is 9.95. The minimum absolute atomic E-state index is 0.346. The molecule has 2 aromatic carbocycles. The normalized spacial score (nSPS) is 10.9. The molecule has 84 valence electrons. The van der Waals surface area contributed by atoms with Gasteiger partial charge < -0.3 is 10.8 Å². The summed E-state index contributed by atoms with van der Waals surface area (Å²) in [6, 6.07) is 9.82. The summed E-state index contributed by atoms with van der Waals surface area (Å²) in [6.07, 6.45) is 1.70. The van der Waals surface area contributed by atoms with E-state index in [0.29, 0.717) is 12.3 Å². The Balaban J connectivity index is 2.61. The summed E-state index contributed by atoms with van der Waals surface area (Å²) in [5.74, 6) is 0.346. The molecule has 0 saturated carbocycles. The first-order chi connectivity index (χ1) is 7.74. The van der Waals surface area contributed by atoms with Crippen LogP contribution in [0.2, 0.25) is 0 Å². The second-order valence-electron chi connectivity index (χ2n) is 3.79. The highest BCUT2D eigenvalue weighted by atomic mass is 79.9. The third-order valence-corrected chi connectivity index (χ3v) is 3.37. The maximum absolute atomic E-state index is 9.95. The second-order valence-corrected chi connectivity index (χ2v) is 4.65. The van der Waals surface area contributed by atoms with Gasteiger partial charge in [0.05, 0.1) is 0 Å². The van der Waals surface area contributed by atoms with Gasteiger partial charge in [-0.05, 0) is 36.2 Å². The molecule has 0 atom stereocenters. The molecule has 2 aromatic rings. The number of halogens is 1. The van der Waals surface area contributed by atoms with E-state index >= 15 is 0 Å². The number of hydrogen-bond donors (Lipinski definition) is 2. The number of phenols is 1. The Bertz CT molecular complexity index is 511. The van der Waals surface area contributed by atoms with Crippen LogP contribution in [0.3, 0.4) is 0 Å². The molecule has 0 fully saturated rings. The Morgan fingerprint density at radius 3 is 2.56 bits per heavy atom. The van der Waals surface area contributed by atoms with Crippen LogP contribution in [0.25, 0.3) is 10.8 Å². The van der Waals surface area contributed by atoms with Gasteiger partial charge in [-0.25, -0.2) is 0 Å². The zero-order valence-corrected chi connectivity index (χ0v) is 10.5. The van der Waals surface area contributed by atoms with Gasteiger partial charge >= 0.3 is 0 Å². The zero-order valence-electron chi connectivity index (χ0n) is 8.91. The van der Waals surface area contributed by atoms with Gasteiger partial charge in [-0.1, -0.05) is 40.2 Å². The quantitative estimate of drug-likeness (QED) is 0.907. The molecule has 16 heavy (non-hydrogen) atoms. The average Bonchev–Trinajstić information content (AvgIpc) is 2.29. The number of aromatic hydroxyl groups is 1. The molecule has 0 radical (unpaired) electrons. The van der Waals surface area contributed by atoms with E-state index in [1.165, 1.54) is 0 Å². The van der Waals surface area contributed by atoms with Crippen molar-refractivity contribution < 1.29 is 5.11 Å². The molecule has 2 nitrogen and oxygen atoms in total. The summed E-state index contributed by atoms with van der Waals surface area (Å²) in [4.78, 5) is 0. The highest BCUT2D eigenvalue weighted by Gasteiger charge is 2.09. The van der Waals surface area contributed by atoms with Crippen LogP contribution in [0.15, 0.2) is 34.8 Å². The van der Waals surface area contributed by atoms with Crippen molar-refractivity contribution in [3.8, 4) is 5.75 Å². The molecule has 0 bridgehead atoms. The summed E-state index contributed by atoms with van der Waals surface area (Å²) in [5.41, 5.74) is 6.50. The lowest BCUT2D eigenvalue weighted by Crippen LogP contribution is -2.01. The van der Waals surface area contributed by atoms with Crippen molar-refractivity contribution in [2.45, 2.75) is 12.8 Å². The first-order valence-electron chi connectivity index (χ1n) is 5.33. The van der Waals surface area contributed by atoms with Gasteiger partial charge in [-0.2, -0.15) is 0 Å². The largest absolute Gasteiger partial charge is 0.508 e. The number of hydrogen-bond acceptors (Lipinski definition) is 2. The van der Waals surface area contributed by atoms with E-state index in [1.807, 2.05) is 24.3 Å². The van der Waals surface area contributed by atoms with E-state index in [2.05, 4.69) is 15.9 Å². The Kier molecular flexibility index (Phi) is 3.46. The van der Waals surface area contributed by atoms with Crippen LogP contribution in [0.1, 0.15) is 12.0 Å². The van der Waals surface area contributed by atoms with Crippen molar-refractivity contribution in [3.05, 3.63) is 40.4 Å². The summed E-state index contributed by atoms with van der Waals surface area (Å²) >= 11 is 3.47. The number of fused-ring (bicyclic) bond motifs is 1. The summed E-state index contributed by atoms with van der Waals surface area (Å²) in [7, 11) is 0. The predicted octanol–water partition coefficient (Wildman–Crippen LogP) is 3.20. The lowest BCUT2D eigenvalue weighted by molar-refractivity contribution is 0.468. The van der Waals surface area contributed by atoms with Gasteiger partial charge in [0.2, 0.25) is 0 Å². The van der Waals surface area contributed by atoms with Gasteiger partial charge in [0.1, 0.15) is 5.75 Å². The Hall–Kier alpha value is -1.06. The fraction of sp³-hybridized carbons (Fsp3) is 0.231. The highest BCUT2D eigenvalue weighted by Crippen LogP contribution is 2.34. The average molecular weight is 280 g/mol. The minimum atomic E-state index is 0.346. The van der Waals surface area contributed by atoms with E-state index in [9.17, 15) is 5.11 Å². The summed E-state index contributed by atoms with van der Waals surface area (Å²) in [6.45, 7) is 0.643. The van der Waals surface area contributed by atoms with Crippen molar-refractivity contribution in [1.29, 1.82) is 0 Å². The van der Waals surface area contributed by atoms with Crippen LogP contribution in [0.5, 0.6) is 5.75 Å². The summed E-state index contributed by atoms with van der Waals surface area (Å²) in [5, 5.41) is 12.2. The predicted molar refractivity (Wildman–Crippen MR) is 70.7 cm³/mol. The van der Waals surface area contributed by atoms with Gasteiger partial charge in [0.25, 0.3) is 0 Å². The third-order valence-electron chi connectivity index (χ3n) is 2.71. The summed E-state index contributed by atoms with van der Waals surface area (Å²) < 4.78 is 0.928. The van der Waals surface area contributed by atoms with Crippen LogP contribution in [0, 0.1) is 0 Å². The molecule has 0 saturated heterocycles. The van der Waals surface area contributed by atoms with Crippen LogP contribution < -0.4 is 5.73 Å². The Morgan fingerprint density at radius 1 is 1.19 bits per heavy atom. The second kappa shape index (κ2) is 4.85. The fourth-order valence-corrected chi connectivity index (χ4v) is 2.48. The van der Waals surface area contributed by atoms with Crippen molar-refractivity contribution in [1.82, 2.24) is 0 Å². The van der Waals surface area contributed by atoms with Crippen molar-refractivity contribution >= 4 is 26.7 Å². The minimum Gasteiger partial charge on any atom is -0.508 e. The van der Waals surface area contributed by atoms with Gasteiger partial charge in [-0.3, -0.25) is 0 Å². The maximum Gasteiger partial charge on any atom is 0.120 e. The molecular formula is C13H14BrNO. The van der Waals surface area contributed by atoms with E-state index in [0.717, 1.165) is 33.7 Å².